The number of thioether (sulfide) groups is 1. The Morgan fingerprint density at radius 3 is 2.73 bits per heavy atom. The SMILES string of the molecule is CC1(C)NC(C(=O)O)CCS1. The third-order valence-corrected chi connectivity index (χ3v) is 2.97. The number of hydrogen-bond donors (Lipinski definition) is 2. The average Bonchev–Trinajstić information content (AvgIpc) is 1.85. The minimum Gasteiger partial charge on any atom is -0.480 e. The molecule has 0 aromatic carbocycles. The number of carbonyl (C=O) groups is 1. The standard InChI is InChI=1S/C7H13NO2S/c1-7(2)8-5(6(9)10)3-4-11-7/h5,8H,3-4H2,1-2H3,(H,9,10). The molecule has 1 aliphatic rings. The van der Waals surface area contributed by atoms with Gasteiger partial charge in [-0.15, -0.1) is 11.8 Å². The zero-order valence-corrected chi connectivity index (χ0v) is 7.57. The highest BCUT2D eigenvalue weighted by atomic mass is 32.2. The maximum absolute atomic E-state index is 10.6. The second-order valence-electron chi connectivity index (χ2n) is 3.18. The van der Waals surface area contributed by atoms with Crippen LogP contribution in [-0.2, 0) is 4.79 Å². The average molecular weight is 175 g/mol. The quantitative estimate of drug-likeness (QED) is 0.621. The molecule has 3 nitrogen and oxygen atoms in total. The lowest BCUT2D eigenvalue weighted by Crippen LogP contribution is -2.51. The van der Waals surface area contributed by atoms with E-state index in [4.69, 9.17) is 5.11 Å². The van der Waals surface area contributed by atoms with Crippen LogP contribution in [0.3, 0.4) is 0 Å². The van der Waals surface area contributed by atoms with Crippen LogP contribution in [0.2, 0.25) is 0 Å². The molecule has 1 saturated heterocycles. The molecule has 1 rings (SSSR count). The Hall–Kier alpha value is -0.220. The summed E-state index contributed by atoms with van der Waals surface area (Å²) in [4.78, 5) is 10.5. The van der Waals surface area contributed by atoms with Crippen molar-refractivity contribution < 1.29 is 9.90 Å². The van der Waals surface area contributed by atoms with E-state index in [1.807, 2.05) is 13.8 Å². The minimum absolute atomic E-state index is 0.0820. The smallest absolute Gasteiger partial charge is 0.320 e. The molecule has 0 aliphatic carbocycles. The number of aliphatic carboxylic acids is 1. The van der Waals surface area contributed by atoms with Gasteiger partial charge in [-0.2, -0.15) is 0 Å². The maximum atomic E-state index is 10.6. The van der Waals surface area contributed by atoms with Crippen LogP contribution in [0.5, 0.6) is 0 Å². The molecule has 1 heterocycles. The zero-order chi connectivity index (χ0) is 8.48. The van der Waals surface area contributed by atoms with E-state index in [0.717, 1.165) is 12.2 Å². The molecule has 64 valence electrons. The fourth-order valence-electron chi connectivity index (χ4n) is 1.15. The van der Waals surface area contributed by atoms with Gasteiger partial charge in [-0.3, -0.25) is 10.1 Å². The van der Waals surface area contributed by atoms with E-state index in [-0.39, 0.29) is 10.9 Å². The Kier molecular flexibility index (Phi) is 2.44. The lowest BCUT2D eigenvalue weighted by atomic mass is 10.2. The normalized spacial score (nSPS) is 29.8. The van der Waals surface area contributed by atoms with Gasteiger partial charge in [-0.25, -0.2) is 0 Å². The lowest BCUT2D eigenvalue weighted by Gasteiger charge is -2.34. The predicted molar refractivity (Wildman–Crippen MR) is 45.7 cm³/mol. The molecule has 0 aromatic rings. The largest absolute Gasteiger partial charge is 0.480 e. The summed E-state index contributed by atoms with van der Waals surface area (Å²) in [6, 6.07) is -0.355. The van der Waals surface area contributed by atoms with Gasteiger partial charge in [0.15, 0.2) is 0 Å². The summed E-state index contributed by atoms with van der Waals surface area (Å²) in [5.41, 5.74) is 0. The molecule has 2 N–H and O–H groups in total. The summed E-state index contributed by atoms with van der Waals surface area (Å²) in [7, 11) is 0. The zero-order valence-electron chi connectivity index (χ0n) is 6.76. The molecule has 0 bridgehead atoms. The first-order valence-corrected chi connectivity index (χ1v) is 4.64. The molecule has 1 atom stereocenters. The molecule has 11 heavy (non-hydrogen) atoms. The molecular formula is C7H13NO2S. The minimum atomic E-state index is -0.738. The number of hydrogen-bond acceptors (Lipinski definition) is 3. The molecule has 0 radical (unpaired) electrons. The van der Waals surface area contributed by atoms with Gasteiger partial charge in [-0.05, 0) is 26.0 Å². The first-order chi connectivity index (χ1) is 5.01. The highest BCUT2D eigenvalue weighted by Crippen LogP contribution is 2.27. The molecule has 0 aromatic heterocycles. The van der Waals surface area contributed by atoms with Crippen LogP contribution in [0.4, 0.5) is 0 Å². The van der Waals surface area contributed by atoms with Crippen LogP contribution < -0.4 is 5.32 Å². The summed E-state index contributed by atoms with van der Waals surface area (Å²) in [5.74, 6) is 0.190. The Morgan fingerprint density at radius 2 is 2.36 bits per heavy atom. The van der Waals surface area contributed by atoms with Gasteiger partial charge in [-0.1, -0.05) is 0 Å². The molecule has 4 heteroatoms. The highest BCUT2D eigenvalue weighted by molar-refractivity contribution is 8.00. The Labute approximate surface area is 70.6 Å². The molecular weight excluding hydrogens is 162 g/mol. The lowest BCUT2D eigenvalue weighted by molar-refractivity contribution is -0.139. The van der Waals surface area contributed by atoms with E-state index in [9.17, 15) is 4.79 Å². The van der Waals surface area contributed by atoms with Gasteiger partial charge in [0.25, 0.3) is 0 Å². The van der Waals surface area contributed by atoms with E-state index in [1.165, 1.54) is 0 Å². The third-order valence-electron chi connectivity index (χ3n) is 1.69. The van der Waals surface area contributed by atoms with Crippen molar-refractivity contribution >= 4 is 17.7 Å². The van der Waals surface area contributed by atoms with Crippen LogP contribution in [0.1, 0.15) is 20.3 Å². The maximum Gasteiger partial charge on any atom is 0.320 e. The van der Waals surface area contributed by atoms with E-state index >= 15 is 0 Å². The third kappa shape index (κ3) is 2.38. The van der Waals surface area contributed by atoms with Crippen LogP contribution in [-0.4, -0.2) is 27.7 Å². The van der Waals surface area contributed by atoms with E-state index in [0.29, 0.717) is 0 Å². The van der Waals surface area contributed by atoms with Gasteiger partial charge in [0.05, 0.1) is 4.87 Å². The van der Waals surface area contributed by atoms with Crippen molar-refractivity contribution in [2.75, 3.05) is 5.75 Å². The number of carboxylic acid groups (broad SMARTS) is 1. The summed E-state index contributed by atoms with van der Waals surface area (Å²) in [6.45, 7) is 4.01. The fraction of sp³-hybridized carbons (Fsp3) is 0.857. The predicted octanol–water partition coefficient (Wildman–Crippen LogP) is 0.902. The Bertz CT molecular complexity index is 170. The monoisotopic (exact) mass is 175 g/mol. The van der Waals surface area contributed by atoms with Crippen LogP contribution >= 0.6 is 11.8 Å². The van der Waals surface area contributed by atoms with Crippen molar-refractivity contribution in [2.45, 2.75) is 31.2 Å². The first kappa shape index (κ1) is 8.87. The van der Waals surface area contributed by atoms with Gasteiger partial charge >= 0.3 is 5.97 Å². The van der Waals surface area contributed by atoms with Crippen LogP contribution in [0.25, 0.3) is 0 Å². The van der Waals surface area contributed by atoms with Gasteiger partial charge in [0.1, 0.15) is 6.04 Å². The summed E-state index contributed by atoms with van der Waals surface area (Å²) in [5, 5.41) is 11.8. The van der Waals surface area contributed by atoms with Gasteiger partial charge < -0.3 is 5.11 Å². The molecule has 0 amide bonds. The summed E-state index contributed by atoms with van der Waals surface area (Å²) in [6.07, 6.45) is 0.726. The van der Waals surface area contributed by atoms with Gasteiger partial charge in [0, 0.05) is 0 Å². The summed E-state index contributed by atoms with van der Waals surface area (Å²) >= 11 is 1.77. The van der Waals surface area contributed by atoms with E-state index < -0.39 is 5.97 Å². The molecule has 1 fully saturated rings. The van der Waals surface area contributed by atoms with Crippen molar-refractivity contribution in [3.05, 3.63) is 0 Å². The second-order valence-corrected chi connectivity index (χ2v) is 4.90. The highest BCUT2D eigenvalue weighted by Gasteiger charge is 2.31. The fourth-order valence-corrected chi connectivity index (χ4v) is 2.24. The number of carboxylic acids is 1. The first-order valence-electron chi connectivity index (χ1n) is 3.66. The molecule has 1 unspecified atom stereocenters. The second kappa shape index (κ2) is 3.03. The van der Waals surface area contributed by atoms with E-state index in [1.54, 1.807) is 11.8 Å². The van der Waals surface area contributed by atoms with Gasteiger partial charge in [0.2, 0.25) is 0 Å². The van der Waals surface area contributed by atoms with Crippen molar-refractivity contribution in [1.82, 2.24) is 5.32 Å². The number of rotatable bonds is 1. The molecule has 1 aliphatic heterocycles. The molecule has 0 saturated carbocycles. The Balaban J connectivity index is 2.53. The topological polar surface area (TPSA) is 49.3 Å². The Morgan fingerprint density at radius 1 is 1.73 bits per heavy atom. The van der Waals surface area contributed by atoms with Crippen molar-refractivity contribution in [2.24, 2.45) is 0 Å². The van der Waals surface area contributed by atoms with Crippen LogP contribution in [0, 0.1) is 0 Å². The van der Waals surface area contributed by atoms with Crippen LogP contribution in [0.15, 0.2) is 0 Å². The van der Waals surface area contributed by atoms with Crippen molar-refractivity contribution in [3.63, 3.8) is 0 Å². The van der Waals surface area contributed by atoms with Crippen molar-refractivity contribution in [3.8, 4) is 0 Å². The number of nitrogens with one attached hydrogen (secondary N) is 1. The summed E-state index contributed by atoms with van der Waals surface area (Å²) < 4.78 is 0. The van der Waals surface area contributed by atoms with E-state index in [2.05, 4.69) is 5.32 Å². The molecule has 0 spiro atoms. The van der Waals surface area contributed by atoms with Crippen molar-refractivity contribution in [1.29, 1.82) is 0 Å².